The molecule has 1 aromatic carbocycles. The van der Waals surface area contributed by atoms with Crippen molar-refractivity contribution in [2.75, 3.05) is 23.3 Å². The Balaban J connectivity index is 1.19. The molecule has 1 unspecified atom stereocenters. The van der Waals surface area contributed by atoms with Gasteiger partial charge >= 0.3 is 0 Å². The zero-order valence-electron chi connectivity index (χ0n) is 21.9. The van der Waals surface area contributed by atoms with Crippen LogP contribution in [0.1, 0.15) is 68.6 Å². The third-order valence-corrected chi connectivity index (χ3v) is 8.70. The lowest BCUT2D eigenvalue weighted by Gasteiger charge is -2.34. The molecule has 2 fully saturated rings. The smallest absolute Gasteiger partial charge is 0.262 e. The average molecular weight is 564 g/mol. The number of amides is 4. The molecular formula is C27H26FN7O4S. The Bertz CT molecular complexity index is 1550. The van der Waals surface area contributed by atoms with Crippen molar-refractivity contribution in [3.8, 4) is 0 Å². The monoisotopic (exact) mass is 563 g/mol. The minimum Gasteiger partial charge on any atom is -0.369 e. The fraction of sp³-hybridized carbons (Fsp3) is 0.370. The highest BCUT2D eigenvalue weighted by molar-refractivity contribution is 7.15. The van der Waals surface area contributed by atoms with Gasteiger partial charge in [-0.2, -0.15) is 0 Å². The minimum atomic E-state index is -1.10. The molecule has 0 spiro atoms. The second-order valence-corrected chi connectivity index (χ2v) is 11.3. The summed E-state index contributed by atoms with van der Waals surface area (Å²) < 4.78 is 15.3. The van der Waals surface area contributed by atoms with E-state index in [1.54, 1.807) is 23.7 Å². The highest BCUT2D eigenvalue weighted by Gasteiger charge is 2.45. The van der Waals surface area contributed by atoms with Gasteiger partial charge in [-0.15, -0.1) is 11.3 Å². The Morgan fingerprint density at radius 3 is 2.38 bits per heavy atom. The molecular weight excluding hydrogens is 537 g/mol. The number of carbonyl (C=O) groups is 4. The Labute approximate surface area is 232 Å². The highest BCUT2D eigenvalue weighted by Crippen LogP contribution is 2.37. The number of fused-ring (bicyclic) bond motifs is 1. The van der Waals surface area contributed by atoms with Crippen molar-refractivity contribution in [1.29, 1.82) is 0 Å². The van der Waals surface area contributed by atoms with Crippen LogP contribution in [0, 0.1) is 19.7 Å². The van der Waals surface area contributed by atoms with E-state index in [-0.39, 0.29) is 35.6 Å². The molecule has 206 valence electrons. The van der Waals surface area contributed by atoms with Crippen LogP contribution >= 0.6 is 11.3 Å². The lowest BCUT2D eigenvalue weighted by molar-refractivity contribution is -0.136. The van der Waals surface area contributed by atoms with Gasteiger partial charge in [-0.1, -0.05) is 0 Å². The lowest BCUT2D eigenvalue weighted by Crippen LogP contribution is -2.54. The summed E-state index contributed by atoms with van der Waals surface area (Å²) in [7, 11) is 0. The van der Waals surface area contributed by atoms with Crippen LogP contribution in [0.2, 0.25) is 0 Å². The molecule has 0 radical (unpaired) electrons. The largest absolute Gasteiger partial charge is 0.369 e. The summed E-state index contributed by atoms with van der Waals surface area (Å²) in [6.07, 6.45) is 4.70. The van der Waals surface area contributed by atoms with Gasteiger partial charge in [-0.25, -0.2) is 14.4 Å². The van der Waals surface area contributed by atoms with E-state index in [9.17, 15) is 19.2 Å². The van der Waals surface area contributed by atoms with Crippen LogP contribution in [0.5, 0.6) is 0 Å². The van der Waals surface area contributed by atoms with Gasteiger partial charge in [-0.3, -0.25) is 34.4 Å². The van der Waals surface area contributed by atoms with Gasteiger partial charge in [0, 0.05) is 42.7 Å². The number of benzene rings is 1. The molecule has 2 saturated heterocycles. The van der Waals surface area contributed by atoms with Crippen LogP contribution in [0.25, 0.3) is 0 Å². The zero-order chi connectivity index (χ0) is 28.1. The van der Waals surface area contributed by atoms with Crippen LogP contribution in [-0.4, -0.2) is 62.6 Å². The number of thiazole rings is 1. The molecule has 3 aromatic rings. The summed E-state index contributed by atoms with van der Waals surface area (Å²) in [4.78, 5) is 67.5. The summed E-state index contributed by atoms with van der Waals surface area (Å²) in [5.41, 5.74) is 2.00. The van der Waals surface area contributed by atoms with Crippen molar-refractivity contribution < 1.29 is 23.6 Å². The number of hydrogen-bond donors (Lipinski definition) is 2. The third kappa shape index (κ3) is 4.49. The molecule has 5 heterocycles. The van der Waals surface area contributed by atoms with Crippen molar-refractivity contribution in [2.45, 2.75) is 51.5 Å². The number of halogens is 1. The first-order valence-corrected chi connectivity index (χ1v) is 13.8. The molecule has 13 heteroatoms. The van der Waals surface area contributed by atoms with E-state index in [0.717, 1.165) is 32.4 Å². The summed E-state index contributed by atoms with van der Waals surface area (Å²) in [5, 5.41) is 6.21. The molecule has 2 aromatic heterocycles. The van der Waals surface area contributed by atoms with Crippen molar-refractivity contribution in [2.24, 2.45) is 0 Å². The van der Waals surface area contributed by atoms with Gasteiger partial charge in [0.05, 0.1) is 28.2 Å². The first-order valence-electron chi connectivity index (χ1n) is 13.0. The molecule has 3 aliphatic rings. The van der Waals surface area contributed by atoms with Crippen LogP contribution in [-0.2, 0) is 9.59 Å². The molecule has 0 aliphatic carbocycles. The van der Waals surface area contributed by atoms with E-state index >= 15 is 4.39 Å². The van der Waals surface area contributed by atoms with Crippen LogP contribution < -0.4 is 15.5 Å². The minimum absolute atomic E-state index is 0.0184. The van der Waals surface area contributed by atoms with Crippen molar-refractivity contribution in [1.82, 2.24) is 25.2 Å². The quantitative estimate of drug-likeness (QED) is 0.448. The first-order chi connectivity index (χ1) is 19.2. The topological polar surface area (TPSA) is 137 Å². The lowest BCUT2D eigenvalue weighted by atomic mass is 9.92. The SMILES string of the molecule is Cc1nc(Nc2nccnc2C2CCN(c3cc4c(cc3F)C(=O)N(C3CCC(=O)NC3=O)C4=O)CC2)sc1C. The zero-order valence-corrected chi connectivity index (χ0v) is 22.7. The van der Waals surface area contributed by atoms with Gasteiger partial charge < -0.3 is 10.2 Å². The number of hydrogen-bond acceptors (Lipinski definition) is 10. The van der Waals surface area contributed by atoms with E-state index in [2.05, 4.69) is 25.6 Å². The Morgan fingerprint density at radius 2 is 1.70 bits per heavy atom. The molecule has 1 atom stereocenters. The van der Waals surface area contributed by atoms with Gasteiger partial charge in [0.15, 0.2) is 10.9 Å². The second kappa shape index (κ2) is 10.0. The normalized spacial score (nSPS) is 19.7. The van der Waals surface area contributed by atoms with E-state index in [4.69, 9.17) is 0 Å². The standard InChI is InChI=1S/C27H26FN7O4S/c1-13-14(2)40-27(31-13)33-23-22(29-7-8-30-23)15-5-9-34(10-6-15)20-12-17-16(11-18(20)28)25(38)35(26(17)39)19-3-4-21(36)32-24(19)37/h7-8,11-12,15,19H,3-6,9-10H2,1-2H3,(H,30,31,33)(H,32,36,37). The van der Waals surface area contributed by atoms with Crippen molar-refractivity contribution in [3.05, 3.63) is 57.7 Å². The van der Waals surface area contributed by atoms with Crippen LogP contribution in [0.15, 0.2) is 24.5 Å². The fourth-order valence-electron chi connectivity index (χ4n) is 5.49. The number of nitrogens with one attached hydrogen (secondary N) is 2. The third-order valence-electron chi connectivity index (χ3n) is 7.71. The van der Waals surface area contributed by atoms with E-state index in [1.165, 1.54) is 6.07 Å². The molecule has 0 bridgehead atoms. The number of anilines is 3. The highest BCUT2D eigenvalue weighted by atomic mass is 32.1. The second-order valence-electron chi connectivity index (χ2n) is 10.1. The predicted molar refractivity (Wildman–Crippen MR) is 144 cm³/mol. The van der Waals surface area contributed by atoms with Gasteiger partial charge in [0.1, 0.15) is 11.9 Å². The van der Waals surface area contributed by atoms with Crippen LogP contribution in [0.3, 0.4) is 0 Å². The number of nitrogens with zero attached hydrogens (tertiary/aromatic N) is 5. The van der Waals surface area contributed by atoms with E-state index in [1.807, 2.05) is 18.7 Å². The number of piperidine rings is 2. The molecule has 40 heavy (non-hydrogen) atoms. The number of rotatable bonds is 5. The van der Waals surface area contributed by atoms with Crippen molar-refractivity contribution >= 4 is 51.6 Å². The summed E-state index contributed by atoms with van der Waals surface area (Å²) >= 11 is 1.55. The molecule has 11 nitrogen and oxygen atoms in total. The average Bonchev–Trinajstić information content (AvgIpc) is 3.37. The Morgan fingerprint density at radius 1 is 1.00 bits per heavy atom. The first kappa shape index (κ1) is 26.0. The predicted octanol–water partition coefficient (Wildman–Crippen LogP) is 3.22. The molecule has 2 N–H and O–H groups in total. The number of carbonyl (C=O) groups excluding carboxylic acids is 4. The number of aryl methyl sites for hydroxylation is 2. The van der Waals surface area contributed by atoms with E-state index < -0.39 is 35.5 Å². The maximum atomic E-state index is 15.3. The summed E-state index contributed by atoms with van der Waals surface area (Å²) in [5.74, 6) is -2.42. The molecule has 4 amide bonds. The maximum absolute atomic E-state index is 15.3. The van der Waals surface area contributed by atoms with E-state index in [0.29, 0.717) is 31.7 Å². The number of imide groups is 2. The Hall–Kier alpha value is -4.26. The van der Waals surface area contributed by atoms with Crippen LogP contribution in [0.4, 0.5) is 21.0 Å². The van der Waals surface area contributed by atoms with Crippen molar-refractivity contribution in [3.63, 3.8) is 0 Å². The fourth-order valence-corrected chi connectivity index (χ4v) is 6.30. The number of aromatic nitrogens is 3. The van der Waals surface area contributed by atoms with Gasteiger partial charge in [0.2, 0.25) is 11.8 Å². The Kier molecular flexibility index (Phi) is 6.53. The molecule has 0 saturated carbocycles. The van der Waals surface area contributed by atoms with Gasteiger partial charge in [0.25, 0.3) is 11.8 Å². The molecule has 3 aliphatic heterocycles. The molecule has 6 rings (SSSR count). The summed E-state index contributed by atoms with van der Waals surface area (Å²) in [6.45, 7) is 4.98. The summed E-state index contributed by atoms with van der Waals surface area (Å²) in [6, 6.07) is 1.38. The van der Waals surface area contributed by atoms with Gasteiger partial charge in [-0.05, 0) is 45.2 Å². The maximum Gasteiger partial charge on any atom is 0.262 e.